The molecule has 0 aromatic carbocycles. The Balaban J connectivity index is -0.000000477. The highest BCUT2D eigenvalue weighted by Gasteiger charge is 2.31. The zero-order chi connectivity index (χ0) is 44.8. The van der Waals surface area contributed by atoms with Crippen molar-refractivity contribution in [1.29, 1.82) is 0 Å². The number of hydrogen-bond donors (Lipinski definition) is 3. The lowest BCUT2D eigenvalue weighted by molar-refractivity contribution is -0.192. The summed E-state index contributed by atoms with van der Waals surface area (Å²) in [7, 11) is 1.50. The summed E-state index contributed by atoms with van der Waals surface area (Å²) in [5.41, 5.74) is 5.59. The molecule has 57 heavy (non-hydrogen) atoms. The molecule has 0 bridgehead atoms. The number of carboxylic acid groups (broad SMARTS) is 2. The van der Waals surface area contributed by atoms with Crippen molar-refractivity contribution in [3.63, 3.8) is 0 Å². The van der Waals surface area contributed by atoms with Gasteiger partial charge in [0.2, 0.25) is 20.4 Å². The molecule has 0 fully saturated rings. The molecule has 0 amide bonds. The molecule has 2 unspecified atom stereocenters. The maximum atomic E-state index is 12.6. The highest BCUT2D eigenvalue weighted by Crippen LogP contribution is 2.14. The molecule has 0 saturated carbocycles. The Morgan fingerprint density at radius 3 is 1.37 bits per heavy atom. The summed E-state index contributed by atoms with van der Waals surface area (Å²) in [6, 6.07) is -1.83. The van der Waals surface area contributed by atoms with Crippen molar-refractivity contribution in [1.82, 2.24) is 9.80 Å². The van der Waals surface area contributed by atoms with Gasteiger partial charge in [-0.25, -0.2) is 0 Å². The van der Waals surface area contributed by atoms with Gasteiger partial charge in [-0.3, -0.25) is 53.0 Å². The zero-order valence-corrected chi connectivity index (χ0v) is 34.4. The summed E-state index contributed by atoms with van der Waals surface area (Å²) in [5, 5.41) is 17.4. The predicted octanol–water partition coefficient (Wildman–Crippen LogP) is 0.332. The van der Waals surface area contributed by atoms with Crippen molar-refractivity contribution >= 4 is 75.8 Å². The molecule has 0 spiro atoms. The third kappa shape index (κ3) is 42.0. The van der Waals surface area contributed by atoms with E-state index in [9.17, 15) is 43.2 Å². The van der Waals surface area contributed by atoms with E-state index in [2.05, 4.69) is 34.9 Å². The Hall–Kier alpha value is -5.03. The van der Waals surface area contributed by atoms with E-state index in [1.807, 2.05) is 6.92 Å². The Kier molecular flexibility index (Phi) is 40.4. The normalized spacial score (nSPS) is 10.8. The lowest BCUT2D eigenvalue weighted by Gasteiger charge is -2.28. The van der Waals surface area contributed by atoms with Crippen LogP contribution >= 0.6 is 15.9 Å². The number of nitrogens with two attached hydrogens (primary N) is 1. The number of nitrogens with zero attached hydrogens (tertiary/aromatic N) is 2. The third-order valence-electron chi connectivity index (χ3n) is 6.28. The van der Waals surface area contributed by atoms with Crippen LogP contribution in [-0.4, -0.2) is 151 Å². The molecule has 0 heterocycles. The third-order valence-corrected chi connectivity index (χ3v) is 6.51. The fourth-order valence-corrected chi connectivity index (χ4v) is 4.10. The molecule has 328 valence electrons. The van der Waals surface area contributed by atoms with Gasteiger partial charge in [-0.05, 0) is 48.8 Å². The number of halogens is 1. The van der Waals surface area contributed by atoms with Crippen LogP contribution in [0.1, 0.15) is 79.6 Å². The number of hydrogen-bond acceptors (Lipinski definition) is 21. The summed E-state index contributed by atoms with van der Waals surface area (Å²) in [6.07, 6.45) is 4.49. The first-order valence-corrected chi connectivity index (χ1v) is 18.0. The smallest absolute Gasteiger partial charge is 0.373 e. The predicted molar refractivity (Wildman–Crippen MR) is 193 cm³/mol. The molecule has 0 aliphatic heterocycles. The number of carbonyl (C=O) groups excluding carboxylic acids is 9. The van der Waals surface area contributed by atoms with Crippen LogP contribution in [0.2, 0.25) is 0 Å². The van der Waals surface area contributed by atoms with E-state index in [0.717, 1.165) is 44.9 Å². The number of likely N-dealkylation sites (N-methyl/N-ethyl adjacent to an activating group) is 1. The van der Waals surface area contributed by atoms with Crippen LogP contribution < -0.4 is 5.73 Å². The van der Waals surface area contributed by atoms with E-state index < -0.39 is 93.3 Å². The van der Waals surface area contributed by atoms with Gasteiger partial charge >= 0.3 is 59.9 Å². The molecule has 23 nitrogen and oxygen atoms in total. The minimum atomic E-state index is -1.09. The lowest BCUT2D eigenvalue weighted by atomic mass is 10.1. The molecule has 0 aliphatic carbocycles. The number of alkyl halides is 1. The number of carbonyl (C=O) groups is 9. The number of esters is 7. The average molecular weight is 893 g/mol. The van der Waals surface area contributed by atoms with Crippen molar-refractivity contribution in [3.05, 3.63) is 0 Å². The van der Waals surface area contributed by atoms with E-state index in [0.29, 0.717) is 31.3 Å². The van der Waals surface area contributed by atoms with Crippen molar-refractivity contribution in [2.24, 2.45) is 5.73 Å². The topological polar surface area (TPSA) is 325 Å². The van der Waals surface area contributed by atoms with Crippen LogP contribution in [0, 0.1) is 0 Å². The van der Waals surface area contributed by atoms with Gasteiger partial charge in [0.15, 0.2) is 0 Å². The molecule has 0 aromatic heterocycles. The van der Waals surface area contributed by atoms with Crippen molar-refractivity contribution < 1.29 is 96.1 Å². The van der Waals surface area contributed by atoms with Crippen LogP contribution in [0.15, 0.2) is 0 Å². The maximum Gasteiger partial charge on any atom is 0.373 e. The minimum absolute atomic E-state index is 0.210. The Bertz CT molecular complexity index is 1230. The fourth-order valence-electron chi connectivity index (χ4n) is 3.77. The van der Waals surface area contributed by atoms with Gasteiger partial charge in [-0.2, -0.15) is 9.59 Å². The first kappa shape index (κ1) is 58.7. The van der Waals surface area contributed by atoms with Crippen LogP contribution in [0.4, 0.5) is 0 Å². The maximum absolute atomic E-state index is 12.6. The summed E-state index contributed by atoms with van der Waals surface area (Å²) < 4.78 is 32.5. The Labute approximate surface area is 337 Å². The van der Waals surface area contributed by atoms with Gasteiger partial charge in [0.1, 0.15) is 17.6 Å². The fraction of sp³-hybridized carbons (Fsp3) is 0.697. The standard InChI is InChI=1S/C20H31NO12.C9H18N2O4.C3H5BrO2.CO2/c1-5-6-7-8-17(20(27)33-13-30-16(4)24)21(9-18(25)31-11-28-14(2)22)10-19(26)32-12-29-15(3)23;1-11(6-8(12)13)7(9(14)15)4-2-3-5-10;1-3(5)6-2-4;2-1-3/h17H,5-13H2,1-4H3;7H,2-6,10H2,1H3,(H,12,13)(H,14,15);2H2,1H3;. The van der Waals surface area contributed by atoms with E-state index in [4.69, 9.17) is 39.7 Å². The molecule has 24 heteroatoms. The van der Waals surface area contributed by atoms with Gasteiger partial charge in [0, 0.05) is 27.7 Å². The molecule has 0 radical (unpaired) electrons. The number of ether oxygens (including phenoxy) is 7. The van der Waals surface area contributed by atoms with E-state index in [1.165, 1.54) is 18.9 Å². The van der Waals surface area contributed by atoms with Crippen LogP contribution in [0.3, 0.4) is 0 Å². The number of rotatable bonds is 25. The molecular formula is C33H54BrN3O20. The first-order valence-electron chi connectivity index (χ1n) is 16.9. The Morgan fingerprint density at radius 1 is 0.632 bits per heavy atom. The van der Waals surface area contributed by atoms with Gasteiger partial charge in [-0.15, -0.1) is 0 Å². The van der Waals surface area contributed by atoms with Gasteiger partial charge in [-0.1, -0.05) is 32.6 Å². The average Bonchev–Trinajstić information content (AvgIpc) is 3.08. The monoisotopic (exact) mass is 891 g/mol. The van der Waals surface area contributed by atoms with E-state index in [-0.39, 0.29) is 25.1 Å². The summed E-state index contributed by atoms with van der Waals surface area (Å²) in [5.74, 6) is -6.89. The van der Waals surface area contributed by atoms with Crippen molar-refractivity contribution in [2.45, 2.75) is 91.6 Å². The van der Waals surface area contributed by atoms with Crippen LogP contribution in [-0.2, 0) is 85.9 Å². The molecular weight excluding hydrogens is 838 g/mol. The zero-order valence-electron chi connectivity index (χ0n) is 32.9. The summed E-state index contributed by atoms with van der Waals surface area (Å²) in [4.78, 5) is 119. The molecule has 0 aromatic rings. The lowest BCUT2D eigenvalue weighted by Crippen LogP contribution is -2.48. The van der Waals surface area contributed by atoms with Crippen molar-refractivity contribution in [2.75, 3.05) is 59.1 Å². The number of unbranched alkanes of at least 4 members (excludes halogenated alkanes) is 3. The molecule has 0 rings (SSSR count). The highest BCUT2D eigenvalue weighted by molar-refractivity contribution is 9.09. The quantitative estimate of drug-likeness (QED) is 0.0365. The first-order chi connectivity index (χ1) is 26.7. The van der Waals surface area contributed by atoms with Gasteiger partial charge in [0.05, 0.1) is 19.6 Å². The second kappa shape index (κ2) is 39.2. The van der Waals surface area contributed by atoms with E-state index >= 15 is 0 Å². The Morgan fingerprint density at radius 2 is 1.04 bits per heavy atom. The second-order valence-electron chi connectivity index (χ2n) is 10.9. The van der Waals surface area contributed by atoms with E-state index in [1.54, 1.807) is 0 Å². The van der Waals surface area contributed by atoms with Crippen LogP contribution in [0.25, 0.3) is 0 Å². The van der Waals surface area contributed by atoms with Crippen molar-refractivity contribution in [3.8, 4) is 0 Å². The van der Waals surface area contributed by atoms with Gasteiger partial charge in [0.25, 0.3) is 0 Å². The molecule has 2 atom stereocenters. The summed E-state index contributed by atoms with van der Waals surface area (Å²) in [6.45, 7) is 3.93. The number of carboxylic acids is 2. The van der Waals surface area contributed by atoms with Crippen LogP contribution in [0.5, 0.6) is 0 Å². The highest BCUT2D eigenvalue weighted by atomic mass is 79.9. The minimum Gasteiger partial charge on any atom is -0.480 e. The second-order valence-corrected chi connectivity index (χ2v) is 11.4. The molecule has 0 aliphatic rings. The summed E-state index contributed by atoms with van der Waals surface area (Å²) >= 11 is 2.91. The largest absolute Gasteiger partial charge is 0.480 e. The molecule has 0 saturated heterocycles. The van der Waals surface area contributed by atoms with Gasteiger partial charge < -0.3 is 49.1 Å². The number of aliphatic carboxylic acids is 2. The SMILES string of the molecule is CC(=O)OCBr.CCCCCC(C(=O)OCOC(C)=O)N(CC(=O)OCOC(C)=O)CC(=O)OCOC(C)=O.CN(CC(=O)O)C(CCCCN)C(=O)O.O=C=O. The molecule has 4 N–H and O–H groups in total.